The van der Waals surface area contributed by atoms with E-state index in [1.165, 1.54) is 18.4 Å². The maximum Gasteiger partial charge on any atom is 0.339 e. The molecule has 2 N–H and O–H groups in total. The van der Waals surface area contributed by atoms with Crippen molar-refractivity contribution in [2.24, 2.45) is 0 Å². The Bertz CT molecular complexity index is 705. The number of nitrogens with zero attached hydrogens (tertiary/aromatic N) is 2. The van der Waals surface area contributed by atoms with E-state index in [2.05, 4.69) is 20.5 Å². The van der Waals surface area contributed by atoms with Crippen LogP contribution in [0.25, 0.3) is 0 Å². The zero-order chi connectivity index (χ0) is 16.3. The summed E-state index contributed by atoms with van der Waals surface area (Å²) in [6, 6.07) is 0. The second-order valence-corrected chi connectivity index (χ2v) is 5.69. The molecular weight excluding hydrogens is 304 g/mol. The molecule has 0 unspecified atom stereocenters. The number of esters is 1. The number of hydrogen-bond donors (Lipinski definition) is 2. The van der Waals surface area contributed by atoms with E-state index in [1.54, 1.807) is 6.92 Å². The molecule has 0 fully saturated rings. The summed E-state index contributed by atoms with van der Waals surface area (Å²) in [6.45, 7) is 5.59. The molecule has 8 heteroatoms. The number of nitrogens with one attached hydrogen (secondary N) is 2. The lowest BCUT2D eigenvalue weighted by molar-refractivity contribution is 0.0599. The predicted molar refractivity (Wildman–Crippen MR) is 83.5 cm³/mol. The van der Waals surface area contributed by atoms with Crippen molar-refractivity contribution >= 4 is 28.3 Å². The molecule has 2 rings (SSSR count). The lowest BCUT2D eigenvalue weighted by Gasteiger charge is -2.01. The highest BCUT2D eigenvalue weighted by atomic mass is 32.1. The topological polar surface area (TPSA) is 97.0 Å². The van der Waals surface area contributed by atoms with Crippen LogP contribution in [0.4, 0.5) is 5.13 Å². The average Bonchev–Trinajstić information content (AvgIpc) is 3.10. The van der Waals surface area contributed by atoms with Gasteiger partial charge in [0.05, 0.1) is 12.7 Å². The molecule has 2 aromatic rings. The molecule has 22 heavy (non-hydrogen) atoms. The van der Waals surface area contributed by atoms with Crippen molar-refractivity contribution in [3.63, 3.8) is 0 Å². The van der Waals surface area contributed by atoms with Crippen molar-refractivity contribution in [1.82, 2.24) is 15.2 Å². The van der Waals surface area contributed by atoms with Crippen LogP contribution >= 0.6 is 11.3 Å². The summed E-state index contributed by atoms with van der Waals surface area (Å²) in [5, 5.41) is 11.9. The van der Waals surface area contributed by atoms with Crippen LogP contribution in [0.3, 0.4) is 0 Å². The Balaban J connectivity index is 2.29. The summed E-state index contributed by atoms with van der Waals surface area (Å²) >= 11 is 1.33. The number of aromatic nitrogens is 3. The maximum absolute atomic E-state index is 12.4. The molecule has 0 aliphatic heterocycles. The minimum Gasteiger partial charge on any atom is -0.465 e. The fraction of sp³-hybridized carbons (Fsp3) is 0.429. The van der Waals surface area contributed by atoms with Crippen molar-refractivity contribution < 1.29 is 14.3 Å². The van der Waals surface area contributed by atoms with Gasteiger partial charge in [0.2, 0.25) is 5.13 Å². The molecule has 0 aromatic carbocycles. The molecule has 2 heterocycles. The third kappa shape index (κ3) is 3.01. The van der Waals surface area contributed by atoms with Crippen LogP contribution in [-0.4, -0.2) is 34.2 Å². The highest BCUT2D eigenvalue weighted by Crippen LogP contribution is 2.22. The van der Waals surface area contributed by atoms with Gasteiger partial charge >= 0.3 is 5.97 Å². The molecule has 0 aliphatic rings. The predicted octanol–water partition coefficient (Wildman–Crippen LogP) is 2.34. The number of hydrogen-bond acceptors (Lipinski definition) is 6. The van der Waals surface area contributed by atoms with Crippen LogP contribution in [0.1, 0.15) is 51.0 Å². The molecule has 0 saturated carbocycles. The minimum absolute atomic E-state index is 0.338. The summed E-state index contributed by atoms with van der Waals surface area (Å²) in [5.74, 6) is -0.796. The Hall–Kier alpha value is -2.22. The van der Waals surface area contributed by atoms with E-state index in [-0.39, 0.29) is 5.91 Å². The largest absolute Gasteiger partial charge is 0.465 e. The van der Waals surface area contributed by atoms with Crippen LogP contribution < -0.4 is 5.32 Å². The third-order valence-electron chi connectivity index (χ3n) is 3.29. The highest BCUT2D eigenvalue weighted by Gasteiger charge is 2.24. The van der Waals surface area contributed by atoms with Crippen LogP contribution in [0.5, 0.6) is 0 Å². The number of amides is 1. The van der Waals surface area contributed by atoms with Gasteiger partial charge in [-0.3, -0.25) is 10.1 Å². The molecule has 7 nitrogen and oxygen atoms in total. The normalized spacial score (nSPS) is 10.5. The maximum atomic E-state index is 12.4. The molecule has 2 aromatic heterocycles. The first kappa shape index (κ1) is 16.2. The van der Waals surface area contributed by atoms with Gasteiger partial charge in [0.25, 0.3) is 5.91 Å². The number of methoxy groups -OCH3 is 1. The van der Waals surface area contributed by atoms with E-state index in [1.807, 2.05) is 13.8 Å². The van der Waals surface area contributed by atoms with Crippen molar-refractivity contribution in [3.05, 3.63) is 27.5 Å². The lowest BCUT2D eigenvalue weighted by Crippen LogP contribution is -2.14. The number of carbonyl (C=O) groups excluding carboxylic acids is 2. The van der Waals surface area contributed by atoms with Gasteiger partial charge in [-0.25, -0.2) is 4.79 Å². The van der Waals surface area contributed by atoms with E-state index in [4.69, 9.17) is 4.74 Å². The van der Waals surface area contributed by atoms with Gasteiger partial charge in [-0.1, -0.05) is 25.2 Å². The second-order valence-electron chi connectivity index (χ2n) is 4.63. The first-order valence-corrected chi connectivity index (χ1v) is 7.76. The Morgan fingerprint density at radius 2 is 2.00 bits per heavy atom. The average molecular weight is 322 g/mol. The number of ether oxygens (including phenoxy) is 1. The van der Waals surface area contributed by atoms with Crippen molar-refractivity contribution in [2.45, 2.75) is 33.6 Å². The van der Waals surface area contributed by atoms with Crippen molar-refractivity contribution in [2.75, 3.05) is 12.4 Å². The van der Waals surface area contributed by atoms with Gasteiger partial charge in [0.1, 0.15) is 10.7 Å². The number of aromatic amines is 1. The Labute approximate surface area is 132 Å². The van der Waals surface area contributed by atoms with Gasteiger partial charge in [-0.15, -0.1) is 10.2 Å². The van der Waals surface area contributed by atoms with Crippen molar-refractivity contribution in [1.29, 1.82) is 0 Å². The van der Waals surface area contributed by atoms with Gasteiger partial charge in [0, 0.05) is 5.69 Å². The molecule has 0 radical (unpaired) electrons. The van der Waals surface area contributed by atoms with Crippen LogP contribution in [0.2, 0.25) is 0 Å². The molecule has 0 spiro atoms. The van der Waals surface area contributed by atoms with E-state index in [0.29, 0.717) is 34.1 Å². The third-order valence-corrected chi connectivity index (χ3v) is 4.27. The van der Waals surface area contributed by atoms with Crippen LogP contribution in [0, 0.1) is 6.92 Å². The number of aryl methyl sites for hydroxylation is 2. The molecule has 1 amide bonds. The Morgan fingerprint density at radius 3 is 2.55 bits per heavy atom. The molecule has 0 saturated heterocycles. The summed E-state index contributed by atoms with van der Waals surface area (Å²) < 4.78 is 4.78. The smallest absolute Gasteiger partial charge is 0.339 e. The highest BCUT2D eigenvalue weighted by molar-refractivity contribution is 7.15. The van der Waals surface area contributed by atoms with Crippen LogP contribution in [-0.2, 0) is 17.6 Å². The zero-order valence-corrected chi connectivity index (χ0v) is 13.8. The first-order chi connectivity index (χ1) is 10.5. The van der Waals surface area contributed by atoms with Crippen molar-refractivity contribution in [3.8, 4) is 0 Å². The Kier molecular flexibility index (Phi) is 4.92. The monoisotopic (exact) mass is 322 g/mol. The molecule has 0 aliphatic carbocycles. The van der Waals surface area contributed by atoms with Gasteiger partial charge in [-0.2, -0.15) is 0 Å². The SMILES string of the molecule is CCc1nnc(NC(=O)c2[nH]c(CC)c(C(=O)OC)c2C)s1. The first-order valence-electron chi connectivity index (χ1n) is 6.95. The summed E-state index contributed by atoms with van der Waals surface area (Å²) in [6.07, 6.45) is 1.36. The van der Waals surface area contributed by atoms with E-state index in [9.17, 15) is 9.59 Å². The fourth-order valence-electron chi connectivity index (χ4n) is 2.14. The lowest BCUT2D eigenvalue weighted by atomic mass is 10.1. The molecule has 0 bridgehead atoms. The van der Waals surface area contributed by atoms with Gasteiger partial charge < -0.3 is 9.72 Å². The Morgan fingerprint density at radius 1 is 1.27 bits per heavy atom. The molecule has 118 valence electrons. The number of anilines is 1. The van der Waals surface area contributed by atoms with E-state index < -0.39 is 5.97 Å². The quantitative estimate of drug-likeness (QED) is 0.824. The fourth-order valence-corrected chi connectivity index (χ4v) is 2.81. The number of carbonyl (C=O) groups is 2. The minimum atomic E-state index is -0.450. The summed E-state index contributed by atoms with van der Waals surface area (Å²) in [5.41, 5.74) is 2.01. The zero-order valence-electron chi connectivity index (χ0n) is 12.9. The summed E-state index contributed by atoms with van der Waals surface area (Å²) in [4.78, 5) is 27.2. The summed E-state index contributed by atoms with van der Waals surface area (Å²) in [7, 11) is 1.32. The second kappa shape index (κ2) is 6.69. The van der Waals surface area contributed by atoms with Crippen LogP contribution in [0.15, 0.2) is 0 Å². The van der Waals surface area contributed by atoms with Gasteiger partial charge in [-0.05, 0) is 25.3 Å². The van der Waals surface area contributed by atoms with Gasteiger partial charge in [0.15, 0.2) is 0 Å². The standard InChI is InChI=1S/C14H18N4O3S/c1-5-8-10(13(20)21-4)7(3)11(15-8)12(19)16-14-18-17-9(6-2)22-14/h15H,5-6H2,1-4H3,(H,16,18,19). The number of rotatable bonds is 5. The van der Waals surface area contributed by atoms with E-state index in [0.717, 1.165) is 11.4 Å². The number of H-pyrrole nitrogens is 1. The molecule has 0 atom stereocenters. The molecular formula is C14H18N4O3S. The van der Waals surface area contributed by atoms with E-state index >= 15 is 0 Å².